The highest BCUT2D eigenvalue weighted by molar-refractivity contribution is 7.99. The molecule has 0 aliphatic carbocycles. The van der Waals surface area contributed by atoms with E-state index in [9.17, 15) is 23.3 Å². The summed E-state index contributed by atoms with van der Waals surface area (Å²) in [4.78, 5) is 21.9. The third-order valence-corrected chi connectivity index (χ3v) is 4.32. The van der Waals surface area contributed by atoms with Gasteiger partial charge in [-0.3, -0.25) is 14.7 Å². The van der Waals surface area contributed by atoms with Crippen molar-refractivity contribution in [3.8, 4) is 5.82 Å². The Bertz CT molecular complexity index is 962. The van der Waals surface area contributed by atoms with E-state index >= 15 is 0 Å². The molecule has 0 aromatic carbocycles. The summed E-state index contributed by atoms with van der Waals surface area (Å²) in [7, 11) is 0. The first-order chi connectivity index (χ1) is 12.3. The van der Waals surface area contributed by atoms with E-state index in [0.717, 1.165) is 24.0 Å². The Morgan fingerprint density at radius 3 is 2.54 bits per heavy atom. The van der Waals surface area contributed by atoms with E-state index in [1.807, 2.05) is 0 Å². The maximum atomic E-state index is 12.7. The highest BCUT2D eigenvalue weighted by Crippen LogP contribution is 2.33. The van der Waals surface area contributed by atoms with Crippen molar-refractivity contribution in [2.75, 3.05) is 0 Å². The van der Waals surface area contributed by atoms with E-state index in [1.54, 1.807) is 0 Å². The lowest BCUT2D eigenvalue weighted by Gasteiger charge is -2.11. The van der Waals surface area contributed by atoms with Crippen LogP contribution in [0, 0.1) is 10.1 Å². The maximum Gasteiger partial charge on any atom is 0.417 e. The Morgan fingerprint density at radius 1 is 1.19 bits per heavy atom. The minimum Gasteiger partial charge on any atom is -0.277 e. The van der Waals surface area contributed by atoms with Gasteiger partial charge in [0.25, 0.3) is 5.69 Å². The molecule has 3 aromatic heterocycles. The van der Waals surface area contributed by atoms with Crippen molar-refractivity contribution in [1.29, 1.82) is 0 Å². The largest absolute Gasteiger partial charge is 0.417 e. The van der Waals surface area contributed by atoms with Crippen LogP contribution in [-0.4, -0.2) is 24.4 Å². The minimum atomic E-state index is -4.55. The van der Waals surface area contributed by atoms with Gasteiger partial charge in [-0.15, -0.1) is 0 Å². The Balaban J connectivity index is 1.90. The molecule has 0 fully saturated rings. The summed E-state index contributed by atoms with van der Waals surface area (Å²) in [6.45, 7) is 0. The molecular formula is C14H7ClF3N5O2S. The van der Waals surface area contributed by atoms with E-state index < -0.39 is 16.7 Å². The number of pyridine rings is 2. The number of alkyl halides is 3. The zero-order chi connectivity index (χ0) is 18.9. The van der Waals surface area contributed by atoms with Crippen LogP contribution >= 0.6 is 23.4 Å². The molecule has 0 aliphatic rings. The third kappa shape index (κ3) is 3.78. The number of nitrogens with zero attached hydrogens (tertiary/aromatic N) is 5. The molecule has 0 atom stereocenters. The first-order valence-electron chi connectivity index (χ1n) is 6.80. The third-order valence-electron chi connectivity index (χ3n) is 3.11. The zero-order valence-electron chi connectivity index (χ0n) is 12.5. The number of imidazole rings is 1. The van der Waals surface area contributed by atoms with Gasteiger partial charge in [0.2, 0.25) is 0 Å². The molecule has 3 heterocycles. The molecule has 3 rings (SSSR count). The van der Waals surface area contributed by atoms with Gasteiger partial charge in [-0.2, -0.15) is 13.2 Å². The Labute approximate surface area is 153 Å². The summed E-state index contributed by atoms with van der Waals surface area (Å²) in [5.74, 6) is 0.0709. The average Bonchev–Trinajstić information content (AvgIpc) is 3.02. The van der Waals surface area contributed by atoms with Crippen LogP contribution in [0.3, 0.4) is 0 Å². The van der Waals surface area contributed by atoms with Gasteiger partial charge < -0.3 is 0 Å². The summed E-state index contributed by atoms with van der Waals surface area (Å²) >= 11 is 7.00. The van der Waals surface area contributed by atoms with Gasteiger partial charge in [0, 0.05) is 24.7 Å². The second-order valence-corrected chi connectivity index (χ2v) is 6.22. The van der Waals surface area contributed by atoms with Gasteiger partial charge in [-0.25, -0.2) is 15.0 Å². The van der Waals surface area contributed by atoms with Crippen molar-refractivity contribution < 1.29 is 18.1 Å². The number of nitro groups is 1. The molecular weight excluding hydrogens is 395 g/mol. The highest BCUT2D eigenvalue weighted by Gasteiger charge is 2.31. The fourth-order valence-electron chi connectivity index (χ4n) is 1.92. The van der Waals surface area contributed by atoms with Gasteiger partial charge in [0.05, 0.1) is 15.5 Å². The van der Waals surface area contributed by atoms with Gasteiger partial charge in [-0.1, -0.05) is 11.6 Å². The molecule has 0 amide bonds. The summed E-state index contributed by atoms with van der Waals surface area (Å²) < 4.78 is 39.6. The normalized spacial score (nSPS) is 11.5. The van der Waals surface area contributed by atoms with Crippen LogP contribution in [0.2, 0.25) is 5.02 Å². The average molecular weight is 402 g/mol. The van der Waals surface area contributed by atoms with Gasteiger partial charge in [0.1, 0.15) is 11.2 Å². The standard InChI is InChI=1S/C14H7ClF3N5O2S/c15-10-5-8(14(16,17)18)6-21-12(10)22-4-3-19-13(22)26-11-2-1-9(7-20-11)23(24)25/h1-7H. The number of halogens is 4. The van der Waals surface area contributed by atoms with Crippen LogP contribution in [-0.2, 0) is 6.18 Å². The molecule has 26 heavy (non-hydrogen) atoms. The van der Waals surface area contributed by atoms with E-state index in [4.69, 9.17) is 11.6 Å². The summed E-state index contributed by atoms with van der Waals surface area (Å²) in [5.41, 5.74) is -1.12. The Hall–Kier alpha value is -2.66. The van der Waals surface area contributed by atoms with Crippen LogP contribution < -0.4 is 0 Å². The SMILES string of the molecule is O=[N+]([O-])c1ccc(Sc2nccn2-c2ncc(C(F)(F)F)cc2Cl)nc1. The molecule has 0 saturated carbocycles. The monoisotopic (exact) mass is 401 g/mol. The van der Waals surface area contributed by atoms with Gasteiger partial charge in [0.15, 0.2) is 11.0 Å². The van der Waals surface area contributed by atoms with E-state index in [0.29, 0.717) is 16.4 Å². The van der Waals surface area contributed by atoms with Crippen molar-refractivity contribution in [1.82, 2.24) is 19.5 Å². The predicted octanol–water partition coefficient (Wildman–Crippen LogP) is 4.39. The van der Waals surface area contributed by atoms with Crippen molar-refractivity contribution >= 4 is 29.1 Å². The first kappa shape index (κ1) is 18.1. The second-order valence-electron chi connectivity index (χ2n) is 4.82. The van der Waals surface area contributed by atoms with Crippen molar-refractivity contribution in [2.24, 2.45) is 0 Å². The van der Waals surface area contributed by atoms with Crippen LogP contribution in [0.4, 0.5) is 18.9 Å². The molecule has 7 nitrogen and oxygen atoms in total. The van der Waals surface area contributed by atoms with Crippen molar-refractivity contribution in [3.05, 3.63) is 63.7 Å². The van der Waals surface area contributed by atoms with E-state index in [2.05, 4.69) is 15.0 Å². The van der Waals surface area contributed by atoms with Gasteiger partial charge >= 0.3 is 6.18 Å². The number of hydrogen-bond acceptors (Lipinski definition) is 6. The van der Waals surface area contributed by atoms with Crippen LogP contribution in [0.1, 0.15) is 5.56 Å². The minimum absolute atomic E-state index is 0.0709. The lowest BCUT2D eigenvalue weighted by molar-refractivity contribution is -0.385. The molecule has 3 aromatic rings. The van der Waals surface area contributed by atoms with Crippen LogP contribution in [0.5, 0.6) is 0 Å². The lowest BCUT2D eigenvalue weighted by atomic mass is 10.3. The second kappa shape index (κ2) is 6.92. The smallest absolute Gasteiger partial charge is 0.277 e. The van der Waals surface area contributed by atoms with E-state index in [1.165, 1.54) is 29.1 Å². The molecule has 12 heteroatoms. The molecule has 0 aliphatic heterocycles. The summed E-state index contributed by atoms with van der Waals surface area (Å²) in [5, 5.41) is 11.2. The quantitative estimate of drug-likeness (QED) is 0.476. The van der Waals surface area contributed by atoms with Crippen molar-refractivity contribution in [2.45, 2.75) is 16.4 Å². The molecule has 0 N–H and O–H groups in total. The fourth-order valence-corrected chi connectivity index (χ4v) is 2.97. The number of rotatable bonds is 4. The topological polar surface area (TPSA) is 86.7 Å². The van der Waals surface area contributed by atoms with Crippen molar-refractivity contribution in [3.63, 3.8) is 0 Å². The van der Waals surface area contributed by atoms with Crippen LogP contribution in [0.15, 0.2) is 53.2 Å². The maximum absolute atomic E-state index is 12.7. The molecule has 0 saturated heterocycles. The molecule has 134 valence electrons. The molecule has 0 spiro atoms. The molecule has 0 unspecified atom stereocenters. The molecule has 0 radical (unpaired) electrons. The Morgan fingerprint density at radius 2 is 1.96 bits per heavy atom. The Kier molecular flexibility index (Phi) is 4.83. The summed E-state index contributed by atoms with van der Waals surface area (Å²) in [6, 6.07) is 3.50. The highest BCUT2D eigenvalue weighted by atomic mass is 35.5. The van der Waals surface area contributed by atoms with E-state index in [-0.39, 0.29) is 16.5 Å². The number of hydrogen-bond donors (Lipinski definition) is 0. The summed E-state index contributed by atoms with van der Waals surface area (Å²) in [6.07, 6.45) is 0.127. The van der Waals surface area contributed by atoms with Gasteiger partial charge in [-0.05, 0) is 23.9 Å². The zero-order valence-corrected chi connectivity index (χ0v) is 14.1. The lowest BCUT2D eigenvalue weighted by Crippen LogP contribution is -2.08. The van der Waals surface area contributed by atoms with Crippen LogP contribution in [0.25, 0.3) is 5.82 Å². The fraction of sp³-hybridized carbons (Fsp3) is 0.0714. The molecule has 0 bridgehead atoms. The predicted molar refractivity (Wildman–Crippen MR) is 86.4 cm³/mol. The number of aromatic nitrogens is 4. The first-order valence-corrected chi connectivity index (χ1v) is 8.00.